The molecule has 24 heavy (non-hydrogen) atoms. The third-order valence-electron chi connectivity index (χ3n) is 4.03. The van der Waals surface area contributed by atoms with Crippen LogP contribution < -0.4 is 4.90 Å². The molecule has 0 aliphatic carbocycles. The van der Waals surface area contributed by atoms with Crippen molar-refractivity contribution in [1.29, 1.82) is 0 Å². The molecule has 0 aromatic heterocycles. The summed E-state index contributed by atoms with van der Waals surface area (Å²) >= 11 is 12.4. The lowest BCUT2D eigenvalue weighted by Gasteiger charge is -2.28. The maximum absolute atomic E-state index is 11.9. The predicted octanol–water partition coefficient (Wildman–Crippen LogP) is 5.41. The van der Waals surface area contributed by atoms with Crippen LogP contribution >= 0.6 is 23.2 Å². The lowest BCUT2D eigenvalue weighted by Crippen LogP contribution is -2.31. The van der Waals surface area contributed by atoms with Gasteiger partial charge >= 0.3 is 5.97 Å². The molecule has 0 amide bonds. The quantitative estimate of drug-likeness (QED) is 0.676. The summed E-state index contributed by atoms with van der Waals surface area (Å²) in [6.45, 7) is 0. The molecule has 0 bridgehead atoms. The zero-order chi connectivity index (χ0) is 17.3. The first-order valence-corrected chi connectivity index (χ1v) is 8.13. The molecule has 5 heteroatoms. The van der Waals surface area contributed by atoms with Gasteiger partial charge in [-0.2, -0.15) is 0 Å². The van der Waals surface area contributed by atoms with Gasteiger partial charge in [0.2, 0.25) is 0 Å². The molecular formula is C19H15Cl2NO2. The van der Waals surface area contributed by atoms with Crippen molar-refractivity contribution in [1.82, 2.24) is 0 Å². The fourth-order valence-corrected chi connectivity index (χ4v) is 3.40. The van der Waals surface area contributed by atoms with E-state index in [1.165, 1.54) is 0 Å². The van der Waals surface area contributed by atoms with Crippen molar-refractivity contribution in [2.24, 2.45) is 0 Å². The SMILES string of the molecule is CN(c1ccc2ccccc2c1)C(C(=O)O)c1c(Cl)cccc1Cl. The molecule has 1 N–H and O–H groups in total. The highest BCUT2D eigenvalue weighted by Crippen LogP contribution is 2.36. The van der Waals surface area contributed by atoms with Crippen molar-refractivity contribution >= 4 is 45.6 Å². The first kappa shape index (κ1) is 16.6. The van der Waals surface area contributed by atoms with E-state index in [0.717, 1.165) is 16.5 Å². The molecule has 0 saturated carbocycles. The lowest BCUT2D eigenvalue weighted by atomic mass is 10.0. The molecule has 0 spiro atoms. The van der Waals surface area contributed by atoms with Crippen LogP contribution in [0.5, 0.6) is 0 Å². The number of rotatable bonds is 4. The summed E-state index contributed by atoms with van der Waals surface area (Å²) in [6, 6.07) is 17.7. The van der Waals surface area contributed by atoms with Gasteiger partial charge < -0.3 is 10.0 Å². The van der Waals surface area contributed by atoms with Crippen molar-refractivity contribution in [3.8, 4) is 0 Å². The number of halogens is 2. The van der Waals surface area contributed by atoms with Crippen LogP contribution in [0.1, 0.15) is 11.6 Å². The van der Waals surface area contributed by atoms with Crippen LogP contribution in [-0.2, 0) is 4.79 Å². The van der Waals surface area contributed by atoms with Crippen LogP contribution in [0.3, 0.4) is 0 Å². The van der Waals surface area contributed by atoms with Gasteiger partial charge in [-0.3, -0.25) is 0 Å². The molecule has 3 aromatic rings. The highest BCUT2D eigenvalue weighted by Gasteiger charge is 2.29. The van der Waals surface area contributed by atoms with Gasteiger partial charge in [-0.25, -0.2) is 4.79 Å². The molecule has 0 radical (unpaired) electrons. The van der Waals surface area contributed by atoms with Gasteiger partial charge in [0.05, 0.1) is 0 Å². The molecule has 122 valence electrons. The van der Waals surface area contributed by atoms with Gasteiger partial charge in [0.1, 0.15) is 0 Å². The minimum Gasteiger partial charge on any atom is -0.479 e. The maximum atomic E-state index is 11.9. The molecule has 3 rings (SSSR count). The number of hydrogen-bond acceptors (Lipinski definition) is 2. The van der Waals surface area contributed by atoms with E-state index in [9.17, 15) is 9.90 Å². The fourth-order valence-electron chi connectivity index (χ4n) is 2.80. The van der Waals surface area contributed by atoms with E-state index in [-0.39, 0.29) is 0 Å². The molecule has 3 aromatic carbocycles. The summed E-state index contributed by atoms with van der Waals surface area (Å²) in [7, 11) is 1.72. The molecule has 1 atom stereocenters. The molecule has 3 nitrogen and oxygen atoms in total. The van der Waals surface area contributed by atoms with Crippen molar-refractivity contribution in [2.45, 2.75) is 6.04 Å². The maximum Gasteiger partial charge on any atom is 0.331 e. The second-order valence-corrected chi connectivity index (χ2v) is 6.33. The standard InChI is InChI=1S/C19H15Cl2NO2/c1-22(14-10-9-12-5-2-3-6-13(12)11-14)18(19(23)24)17-15(20)7-4-8-16(17)21/h2-11,18H,1H3,(H,23,24). The zero-order valence-electron chi connectivity index (χ0n) is 12.9. The smallest absolute Gasteiger partial charge is 0.331 e. The van der Waals surface area contributed by atoms with Crippen LogP contribution in [0.15, 0.2) is 60.7 Å². The molecule has 0 saturated heterocycles. The van der Waals surface area contributed by atoms with Gasteiger partial charge in [-0.1, -0.05) is 59.6 Å². The van der Waals surface area contributed by atoms with E-state index >= 15 is 0 Å². The van der Waals surface area contributed by atoms with Gasteiger partial charge in [0.15, 0.2) is 6.04 Å². The second-order valence-electron chi connectivity index (χ2n) is 5.52. The van der Waals surface area contributed by atoms with Crippen LogP contribution in [0, 0.1) is 0 Å². The van der Waals surface area contributed by atoms with E-state index in [1.807, 2.05) is 42.5 Å². The minimum absolute atomic E-state index is 0.336. The summed E-state index contributed by atoms with van der Waals surface area (Å²) in [6.07, 6.45) is 0. The number of nitrogens with zero attached hydrogens (tertiary/aromatic N) is 1. The largest absolute Gasteiger partial charge is 0.479 e. The van der Waals surface area contributed by atoms with Gasteiger partial charge in [0, 0.05) is 28.3 Å². The summed E-state index contributed by atoms with van der Waals surface area (Å²) in [5.74, 6) is -1.01. The number of hydrogen-bond donors (Lipinski definition) is 1. The summed E-state index contributed by atoms with van der Waals surface area (Å²) in [5, 5.41) is 12.6. The first-order valence-electron chi connectivity index (χ1n) is 7.37. The van der Waals surface area contributed by atoms with Gasteiger partial charge in [0.25, 0.3) is 0 Å². The number of anilines is 1. The Morgan fingerprint density at radius 2 is 1.58 bits per heavy atom. The highest BCUT2D eigenvalue weighted by atomic mass is 35.5. The number of fused-ring (bicyclic) bond motifs is 1. The fraction of sp³-hybridized carbons (Fsp3) is 0.105. The Hall–Kier alpha value is -2.23. The first-order chi connectivity index (χ1) is 11.5. The van der Waals surface area contributed by atoms with E-state index in [0.29, 0.717) is 15.6 Å². The molecule has 0 aliphatic rings. The lowest BCUT2D eigenvalue weighted by molar-refractivity contribution is -0.138. The Kier molecular flexibility index (Phi) is 4.65. The third kappa shape index (κ3) is 3.05. The number of aliphatic carboxylic acids is 1. The number of carbonyl (C=O) groups is 1. The van der Waals surface area contributed by atoms with Crippen molar-refractivity contribution in [2.75, 3.05) is 11.9 Å². The predicted molar refractivity (Wildman–Crippen MR) is 99.2 cm³/mol. The number of carboxylic acid groups (broad SMARTS) is 1. The Morgan fingerprint density at radius 1 is 0.958 bits per heavy atom. The van der Waals surface area contributed by atoms with Crippen molar-refractivity contribution in [3.63, 3.8) is 0 Å². The third-order valence-corrected chi connectivity index (χ3v) is 4.69. The van der Waals surface area contributed by atoms with E-state index < -0.39 is 12.0 Å². The summed E-state index contributed by atoms with van der Waals surface area (Å²) in [4.78, 5) is 13.6. The molecule has 0 heterocycles. The van der Waals surface area contributed by atoms with E-state index in [1.54, 1.807) is 30.1 Å². The minimum atomic E-state index is -1.01. The average molecular weight is 360 g/mol. The van der Waals surface area contributed by atoms with Crippen LogP contribution in [0.4, 0.5) is 5.69 Å². The Bertz CT molecular complexity index is 891. The number of benzene rings is 3. The molecule has 0 aliphatic heterocycles. The van der Waals surface area contributed by atoms with Crippen LogP contribution in [0.25, 0.3) is 10.8 Å². The summed E-state index contributed by atoms with van der Waals surface area (Å²) < 4.78 is 0. The van der Waals surface area contributed by atoms with Crippen molar-refractivity contribution < 1.29 is 9.90 Å². The van der Waals surface area contributed by atoms with Gasteiger partial charge in [-0.15, -0.1) is 0 Å². The Balaban J connectivity index is 2.09. The van der Waals surface area contributed by atoms with E-state index in [2.05, 4.69) is 0 Å². The Labute approximate surface area is 150 Å². The molecule has 1 unspecified atom stereocenters. The van der Waals surface area contributed by atoms with Crippen LogP contribution in [0.2, 0.25) is 10.0 Å². The molecule has 0 fully saturated rings. The monoisotopic (exact) mass is 359 g/mol. The average Bonchev–Trinajstić information content (AvgIpc) is 2.57. The normalized spacial score (nSPS) is 12.1. The van der Waals surface area contributed by atoms with E-state index in [4.69, 9.17) is 23.2 Å². The number of carboxylic acids is 1. The highest BCUT2D eigenvalue weighted by molar-refractivity contribution is 6.36. The zero-order valence-corrected chi connectivity index (χ0v) is 14.4. The molecular weight excluding hydrogens is 345 g/mol. The Morgan fingerprint density at radius 3 is 2.21 bits per heavy atom. The van der Waals surface area contributed by atoms with Crippen molar-refractivity contribution in [3.05, 3.63) is 76.3 Å². The number of likely N-dealkylation sites (N-methyl/N-ethyl adjacent to an activating group) is 1. The van der Waals surface area contributed by atoms with Gasteiger partial charge in [-0.05, 0) is 35.0 Å². The topological polar surface area (TPSA) is 40.5 Å². The second kappa shape index (κ2) is 6.71. The summed E-state index contributed by atoms with van der Waals surface area (Å²) in [5.41, 5.74) is 1.17. The van der Waals surface area contributed by atoms with Crippen LogP contribution in [-0.4, -0.2) is 18.1 Å².